The molecule has 3 aromatic rings. The van der Waals surface area contributed by atoms with Gasteiger partial charge in [0.2, 0.25) is 0 Å². The number of aryl methyl sites for hydroxylation is 1. The topological polar surface area (TPSA) is 17.8 Å². The van der Waals surface area contributed by atoms with Crippen molar-refractivity contribution in [3.63, 3.8) is 0 Å². The van der Waals surface area contributed by atoms with Crippen molar-refractivity contribution in [1.82, 2.24) is 9.78 Å². The van der Waals surface area contributed by atoms with Crippen molar-refractivity contribution < 1.29 is 0 Å². The molecule has 0 saturated heterocycles. The molecule has 0 atom stereocenters. The lowest BCUT2D eigenvalue weighted by molar-refractivity contribution is 0.777. The molecule has 2 aromatic carbocycles. The van der Waals surface area contributed by atoms with Crippen LogP contribution in [0.1, 0.15) is 5.56 Å². The summed E-state index contributed by atoms with van der Waals surface area (Å²) >= 11 is 7.99. The molecule has 0 aliphatic rings. The molecule has 0 aliphatic carbocycles. The van der Waals surface area contributed by atoms with E-state index >= 15 is 0 Å². The fraction of sp³-hybridized carbons (Fsp3) is 0.133. The first kappa shape index (κ1) is 12.6. The zero-order valence-electron chi connectivity index (χ0n) is 10.5. The zero-order valence-corrected chi connectivity index (χ0v) is 12.1. The minimum absolute atomic E-state index is 0.757. The summed E-state index contributed by atoms with van der Waals surface area (Å²) in [6, 6.07) is 14.4. The van der Waals surface area contributed by atoms with Crippen molar-refractivity contribution in [2.24, 2.45) is 7.05 Å². The molecule has 0 saturated carbocycles. The number of fused-ring (bicyclic) bond motifs is 1. The van der Waals surface area contributed by atoms with Gasteiger partial charge in [-0.05, 0) is 17.7 Å². The van der Waals surface area contributed by atoms with E-state index in [2.05, 4.69) is 29.4 Å². The molecule has 19 heavy (non-hydrogen) atoms. The summed E-state index contributed by atoms with van der Waals surface area (Å²) in [4.78, 5) is 1.17. The van der Waals surface area contributed by atoms with Crippen LogP contribution in [0.4, 0.5) is 0 Å². The Morgan fingerprint density at radius 1 is 1.16 bits per heavy atom. The molecule has 0 unspecified atom stereocenters. The van der Waals surface area contributed by atoms with Crippen LogP contribution in [-0.2, 0) is 12.8 Å². The number of hydrogen-bond donors (Lipinski definition) is 0. The van der Waals surface area contributed by atoms with E-state index in [0.717, 1.165) is 21.7 Å². The third-order valence-corrected chi connectivity index (χ3v) is 4.39. The molecular formula is C15H13ClN2S. The summed E-state index contributed by atoms with van der Waals surface area (Å²) in [6.45, 7) is 0. The maximum atomic E-state index is 6.20. The number of hydrogen-bond acceptors (Lipinski definition) is 2. The van der Waals surface area contributed by atoms with Crippen LogP contribution >= 0.6 is 23.4 Å². The summed E-state index contributed by atoms with van der Waals surface area (Å²) in [7, 11) is 1.92. The maximum Gasteiger partial charge on any atom is 0.107 e. The molecule has 0 radical (unpaired) electrons. The van der Waals surface area contributed by atoms with Crippen LogP contribution in [0.3, 0.4) is 0 Å². The van der Waals surface area contributed by atoms with E-state index in [1.807, 2.05) is 36.1 Å². The third kappa shape index (κ3) is 2.62. The average Bonchev–Trinajstić information content (AvgIpc) is 2.82. The second kappa shape index (κ2) is 5.27. The van der Waals surface area contributed by atoms with E-state index in [-0.39, 0.29) is 0 Å². The van der Waals surface area contributed by atoms with Gasteiger partial charge in [-0.2, -0.15) is 5.10 Å². The highest BCUT2D eigenvalue weighted by molar-refractivity contribution is 7.98. The van der Waals surface area contributed by atoms with Crippen LogP contribution < -0.4 is 0 Å². The molecule has 4 heteroatoms. The molecule has 1 heterocycles. The number of rotatable bonds is 3. The van der Waals surface area contributed by atoms with Gasteiger partial charge in [0.15, 0.2) is 0 Å². The fourth-order valence-electron chi connectivity index (χ4n) is 2.01. The Hall–Kier alpha value is -1.45. The van der Waals surface area contributed by atoms with Crippen LogP contribution in [0.25, 0.3) is 10.9 Å². The molecule has 1 aromatic heterocycles. The maximum absolute atomic E-state index is 6.20. The van der Waals surface area contributed by atoms with Gasteiger partial charge in [-0.25, -0.2) is 0 Å². The quantitative estimate of drug-likeness (QED) is 0.660. The highest BCUT2D eigenvalue weighted by Crippen LogP contribution is 2.33. The Labute approximate surface area is 121 Å². The van der Waals surface area contributed by atoms with Crippen molar-refractivity contribution in [1.29, 1.82) is 0 Å². The number of halogens is 1. The Kier molecular flexibility index (Phi) is 3.49. The van der Waals surface area contributed by atoms with E-state index in [4.69, 9.17) is 11.6 Å². The number of thioether (sulfide) groups is 1. The Balaban J connectivity index is 1.91. The average molecular weight is 289 g/mol. The number of benzene rings is 2. The van der Waals surface area contributed by atoms with Gasteiger partial charge in [-0.3, -0.25) is 4.68 Å². The number of nitrogens with zero attached hydrogens (tertiary/aromatic N) is 2. The Bertz CT molecular complexity index is 707. The lowest BCUT2D eigenvalue weighted by Gasteiger charge is -2.03. The molecule has 3 rings (SSSR count). The second-order valence-electron chi connectivity index (χ2n) is 4.38. The lowest BCUT2D eigenvalue weighted by atomic mass is 10.2. The van der Waals surface area contributed by atoms with Crippen molar-refractivity contribution in [2.45, 2.75) is 10.6 Å². The fourth-order valence-corrected chi connectivity index (χ4v) is 3.18. The van der Waals surface area contributed by atoms with Crippen molar-refractivity contribution in [3.8, 4) is 0 Å². The summed E-state index contributed by atoms with van der Waals surface area (Å²) in [5.74, 6) is 0.939. The van der Waals surface area contributed by atoms with Gasteiger partial charge in [0.1, 0.15) is 5.52 Å². The molecule has 0 bridgehead atoms. The lowest BCUT2D eigenvalue weighted by Crippen LogP contribution is -1.86. The first-order chi connectivity index (χ1) is 9.24. The predicted molar refractivity (Wildman–Crippen MR) is 81.7 cm³/mol. The summed E-state index contributed by atoms with van der Waals surface area (Å²) < 4.78 is 1.81. The molecule has 0 fully saturated rings. The van der Waals surface area contributed by atoms with E-state index in [0.29, 0.717) is 0 Å². The van der Waals surface area contributed by atoms with Crippen molar-refractivity contribution >= 4 is 34.3 Å². The van der Waals surface area contributed by atoms with E-state index in [1.165, 1.54) is 10.5 Å². The predicted octanol–water partition coefficient (Wildman–Crippen LogP) is 4.52. The summed E-state index contributed by atoms with van der Waals surface area (Å²) in [5.41, 5.74) is 2.29. The molecule has 0 spiro atoms. The van der Waals surface area contributed by atoms with Gasteiger partial charge in [0, 0.05) is 29.3 Å². The van der Waals surface area contributed by atoms with Gasteiger partial charge in [-0.15, -0.1) is 11.8 Å². The SMILES string of the molecule is Cn1cc2c(Cl)ccc(SCc3ccccc3)c2n1. The van der Waals surface area contributed by atoms with Gasteiger partial charge >= 0.3 is 0 Å². The second-order valence-corrected chi connectivity index (χ2v) is 5.81. The largest absolute Gasteiger partial charge is 0.275 e. The number of aromatic nitrogens is 2. The smallest absolute Gasteiger partial charge is 0.107 e. The first-order valence-electron chi connectivity index (χ1n) is 6.02. The standard InChI is InChI=1S/C15H13ClN2S/c1-18-9-12-13(16)7-8-14(15(12)17-18)19-10-11-5-3-2-4-6-11/h2-9H,10H2,1H3. The van der Waals surface area contributed by atoms with Crippen molar-refractivity contribution in [2.75, 3.05) is 0 Å². The van der Waals surface area contributed by atoms with Gasteiger partial charge in [0.05, 0.1) is 5.02 Å². The third-order valence-electron chi connectivity index (χ3n) is 2.94. The van der Waals surface area contributed by atoms with E-state index in [9.17, 15) is 0 Å². The van der Waals surface area contributed by atoms with Crippen LogP contribution in [0.5, 0.6) is 0 Å². The van der Waals surface area contributed by atoms with Gasteiger partial charge in [-0.1, -0.05) is 41.9 Å². The van der Waals surface area contributed by atoms with E-state index in [1.54, 1.807) is 11.8 Å². The zero-order chi connectivity index (χ0) is 13.2. The molecular weight excluding hydrogens is 276 g/mol. The van der Waals surface area contributed by atoms with Crippen LogP contribution in [-0.4, -0.2) is 9.78 Å². The highest BCUT2D eigenvalue weighted by atomic mass is 35.5. The minimum Gasteiger partial charge on any atom is -0.275 e. The summed E-state index contributed by atoms with van der Waals surface area (Å²) in [5, 5.41) is 6.27. The van der Waals surface area contributed by atoms with Crippen LogP contribution in [0, 0.1) is 0 Å². The monoisotopic (exact) mass is 288 g/mol. The van der Waals surface area contributed by atoms with Gasteiger partial charge < -0.3 is 0 Å². The first-order valence-corrected chi connectivity index (χ1v) is 7.39. The van der Waals surface area contributed by atoms with E-state index < -0.39 is 0 Å². The normalized spacial score (nSPS) is 11.1. The minimum atomic E-state index is 0.757. The highest BCUT2D eigenvalue weighted by Gasteiger charge is 2.09. The summed E-state index contributed by atoms with van der Waals surface area (Å²) in [6.07, 6.45) is 1.96. The van der Waals surface area contributed by atoms with Crippen LogP contribution in [0.15, 0.2) is 53.6 Å². The molecule has 96 valence electrons. The van der Waals surface area contributed by atoms with Crippen molar-refractivity contribution in [3.05, 3.63) is 59.2 Å². The molecule has 0 amide bonds. The molecule has 2 nitrogen and oxygen atoms in total. The van der Waals surface area contributed by atoms with Gasteiger partial charge in [0.25, 0.3) is 0 Å². The van der Waals surface area contributed by atoms with Crippen LogP contribution in [0.2, 0.25) is 5.02 Å². The Morgan fingerprint density at radius 3 is 2.74 bits per heavy atom. The molecule has 0 N–H and O–H groups in total. The molecule has 0 aliphatic heterocycles. The Morgan fingerprint density at radius 2 is 1.95 bits per heavy atom.